The van der Waals surface area contributed by atoms with Crippen LogP contribution in [-0.4, -0.2) is 55.0 Å². The van der Waals surface area contributed by atoms with Gasteiger partial charge in [0.25, 0.3) is 0 Å². The molecular formula is C14H29N3O. The Hall–Kier alpha value is -0.610. The van der Waals surface area contributed by atoms with Gasteiger partial charge in [0.2, 0.25) is 5.91 Å². The van der Waals surface area contributed by atoms with E-state index in [0.29, 0.717) is 5.92 Å². The van der Waals surface area contributed by atoms with Gasteiger partial charge < -0.3 is 15.5 Å². The minimum Gasteiger partial charge on any atom is -0.344 e. The molecule has 2 atom stereocenters. The van der Waals surface area contributed by atoms with Crippen molar-refractivity contribution < 1.29 is 4.79 Å². The third kappa shape index (κ3) is 4.25. The first-order valence-corrected chi connectivity index (χ1v) is 7.09. The summed E-state index contributed by atoms with van der Waals surface area (Å²) in [5.41, 5.74) is 5.40. The first-order valence-electron chi connectivity index (χ1n) is 7.09. The van der Waals surface area contributed by atoms with Crippen molar-refractivity contribution in [2.24, 2.45) is 11.7 Å². The molecule has 0 aliphatic carbocycles. The van der Waals surface area contributed by atoms with Gasteiger partial charge in [0, 0.05) is 20.1 Å². The lowest BCUT2D eigenvalue weighted by molar-refractivity contribution is -0.136. The average Bonchev–Trinajstić information content (AvgIpc) is 2.27. The highest BCUT2D eigenvalue weighted by molar-refractivity contribution is 5.85. The van der Waals surface area contributed by atoms with Gasteiger partial charge in [0.05, 0.1) is 5.54 Å². The number of nitrogens with zero attached hydrogens (tertiary/aromatic N) is 2. The number of likely N-dealkylation sites (tertiary alicyclic amines) is 1. The number of rotatable bonds is 5. The number of hydrogen-bond acceptors (Lipinski definition) is 3. The van der Waals surface area contributed by atoms with Crippen LogP contribution in [0.3, 0.4) is 0 Å². The molecule has 106 valence electrons. The number of likely N-dealkylation sites (N-methyl/N-ethyl adjacent to an activating group) is 1. The maximum atomic E-state index is 12.3. The van der Waals surface area contributed by atoms with Gasteiger partial charge >= 0.3 is 0 Å². The maximum Gasteiger partial charge on any atom is 0.242 e. The summed E-state index contributed by atoms with van der Waals surface area (Å²) in [6.45, 7) is 7.02. The van der Waals surface area contributed by atoms with Crippen LogP contribution in [0.15, 0.2) is 0 Å². The highest BCUT2D eigenvalue weighted by atomic mass is 16.2. The van der Waals surface area contributed by atoms with Crippen LogP contribution >= 0.6 is 0 Å². The van der Waals surface area contributed by atoms with Crippen LogP contribution in [-0.2, 0) is 4.79 Å². The van der Waals surface area contributed by atoms with Crippen LogP contribution in [0.1, 0.15) is 39.5 Å². The first kappa shape index (κ1) is 15.4. The summed E-state index contributed by atoms with van der Waals surface area (Å²) >= 11 is 0. The van der Waals surface area contributed by atoms with Crippen molar-refractivity contribution in [3.63, 3.8) is 0 Å². The van der Waals surface area contributed by atoms with Crippen molar-refractivity contribution in [1.82, 2.24) is 9.80 Å². The van der Waals surface area contributed by atoms with Crippen molar-refractivity contribution in [3.05, 3.63) is 0 Å². The SMILES string of the molecule is CCCC(C)(N)C(=O)N(C)CC1CCCN(C)C1. The Morgan fingerprint density at radius 3 is 2.78 bits per heavy atom. The molecule has 1 amide bonds. The number of carbonyl (C=O) groups is 1. The zero-order chi connectivity index (χ0) is 13.8. The second kappa shape index (κ2) is 6.53. The fourth-order valence-corrected chi connectivity index (χ4v) is 2.95. The van der Waals surface area contributed by atoms with Crippen molar-refractivity contribution >= 4 is 5.91 Å². The van der Waals surface area contributed by atoms with E-state index in [2.05, 4.69) is 18.9 Å². The predicted molar refractivity (Wildman–Crippen MR) is 75.4 cm³/mol. The van der Waals surface area contributed by atoms with Gasteiger partial charge in [-0.3, -0.25) is 4.79 Å². The van der Waals surface area contributed by atoms with Gasteiger partial charge in [-0.15, -0.1) is 0 Å². The molecule has 2 N–H and O–H groups in total. The summed E-state index contributed by atoms with van der Waals surface area (Å²) in [6.07, 6.45) is 4.15. The van der Waals surface area contributed by atoms with Crippen LogP contribution in [0.4, 0.5) is 0 Å². The molecule has 4 heteroatoms. The molecule has 4 nitrogen and oxygen atoms in total. The maximum absolute atomic E-state index is 12.3. The molecule has 0 bridgehead atoms. The van der Waals surface area contributed by atoms with Gasteiger partial charge in [0.15, 0.2) is 0 Å². The van der Waals surface area contributed by atoms with Crippen LogP contribution in [0.25, 0.3) is 0 Å². The monoisotopic (exact) mass is 255 g/mol. The Morgan fingerprint density at radius 1 is 1.56 bits per heavy atom. The molecule has 0 radical (unpaired) electrons. The summed E-state index contributed by atoms with van der Waals surface area (Å²) < 4.78 is 0. The summed E-state index contributed by atoms with van der Waals surface area (Å²) in [5, 5.41) is 0. The molecule has 0 spiro atoms. The zero-order valence-electron chi connectivity index (χ0n) is 12.4. The van der Waals surface area contributed by atoms with E-state index in [1.165, 1.54) is 19.4 Å². The Labute approximate surface area is 111 Å². The van der Waals surface area contributed by atoms with Gasteiger partial charge in [-0.25, -0.2) is 0 Å². The normalized spacial score (nSPS) is 24.6. The molecule has 1 aliphatic rings. The second-order valence-electron chi connectivity index (χ2n) is 6.12. The third-order valence-electron chi connectivity index (χ3n) is 3.86. The van der Waals surface area contributed by atoms with Crippen LogP contribution in [0, 0.1) is 5.92 Å². The third-order valence-corrected chi connectivity index (χ3v) is 3.86. The minimum absolute atomic E-state index is 0.0811. The topological polar surface area (TPSA) is 49.6 Å². The van der Waals surface area contributed by atoms with Crippen molar-refractivity contribution in [2.45, 2.75) is 45.1 Å². The summed E-state index contributed by atoms with van der Waals surface area (Å²) in [5.74, 6) is 0.674. The average molecular weight is 255 g/mol. The van der Waals surface area contributed by atoms with Crippen LogP contribution in [0.5, 0.6) is 0 Å². The molecule has 2 unspecified atom stereocenters. The lowest BCUT2D eigenvalue weighted by Gasteiger charge is -2.35. The van der Waals surface area contributed by atoms with E-state index in [1.54, 1.807) is 0 Å². The molecule has 1 rings (SSSR count). The van der Waals surface area contributed by atoms with Crippen LogP contribution < -0.4 is 5.73 Å². The van der Waals surface area contributed by atoms with Gasteiger partial charge in [-0.2, -0.15) is 0 Å². The van der Waals surface area contributed by atoms with Gasteiger partial charge in [0.1, 0.15) is 0 Å². The number of hydrogen-bond donors (Lipinski definition) is 1. The van der Waals surface area contributed by atoms with Crippen molar-refractivity contribution in [1.29, 1.82) is 0 Å². The quantitative estimate of drug-likeness (QED) is 0.805. The number of piperidine rings is 1. The first-order chi connectivity index (χ1) is 8.36. The molecule has 0 saturated carbocycles. The number of nitrogens with two attached hydrogens (primary N) is 1. The molecule has 1 aliphatic heterocycles. The minimum atomic E-state index is -0.704. The highest BCUT2D eigenvalue weighted by Crippen LogP contribution is 2.18. The van der Waals surface area contributed by atoms with E-state index in [0.717, 1.165) is 25.9 Å². The largest absolute Gasteiger partial charge is 0.344 e. The van der Waals surface area contributed by atoms with Crippen LogP contribution in [0.2, 0.25) is 0 Å². The zero-order valence-corrected chi connectivity index (χ0v) is 12.4. The fourth-order valence-electron chi connectivity index (χ4n) is 2.95. The van der Waals surface area contributed by atoms with E-state index in [1.807, 2.05) is 18.9 Å². The lowest BCUT2D eigenvalue weighted by atomic mass is 9.94. The number of amides is 1. The second-order valence-corrected chi connectivity index (χ2v) is 6.12. The van der Waals surface area contributed by atoms with E-state index in [4.69, 9.17) is 5.73 Å². The standard InChI is InChI=1S/C14H29N3O/c1-5-8-14(2,15)13(18)17(4)11-12-7-6-9-16(3)10-12/h12H,5-11,15H2,1-4H3. The molecule has 18 heavy (non-hydrogen) atoms. The molecule has 0 aromatic rings. The molecule has 1 saturated heterocycles. The highest BCUT2D eigenvalue weighted by Gasteiger charge is 2.31. The molecule has 1 heterocycles. The summed E-state index contributed by atoms with van der Waals surface area (Å²) in [4.78, 5) is 16.5. The van der Waals surface area contributed by atoms with Gasteiger partial charge in [-0.05, 0) is 45.7 Å². The van der Waals surface area contributed by atoms with Gasteiger partial charge in [-0.1, -0.05) is 13.3 Å². The Morgan fingerprint density at radius 2 is 2.22 bits per heavy atom. The summed E-state index contributed by atoms with van der Waals surface area (Å²) in [6, 6.07) is 0. The number of carbonyl (C=O) groups excluding carboxylic acids is 1. The smallest absolute Gasteiger partial charge is 0.242 e. The molecular weight excluding hydrogens is 226 g/mol. The Bertz CT molecular complexity index is 278. The predicted octanol–water partition coefficient (Wildman–Crippen LogP) is 1.30. The van der Waals surface area contributed by atoms with Crippen molar-refractivity contribution in [3.8, 4) is 0 Å². The Kier molecular flexibility index (Phi) is 5.60. The van der Waals surface area contributed by atoms with E-state index >= 15 is 0 Å². The Balaban J connectivity index is 2.48. The summed E-state index contributed by atoms with van der Waals surface area (Å²) in [7, 11) is 4.04. The van der Waals surface area contributed by atoms with E-state index in [9.17, 15) is 4.79 Å². The molecule has 0 aromatic carbocycles. The fraction of sp³-hybridized carbons (Fsp3) is 0.929. The molecule has 1 fully saturated rings. The van der Waals surface area contributed by atoms with Crippen molar-refractivity contribution in [2.75, 3.05) is 33.7 Å². The van der Waals surface area contributed by atoms with E-state index < -0.39 is 5.54 Å². The molecule has 0 aromatic heterocycles. The van der Waals surface area contributed by atoms with E-state index in [-0.39, 0.29) is 5.91 Å². The lowest BCUT2D eigenvalue weighted by Crippen LogP contribution is -2.53.